The first kappa shape index (κ1) is 16.8. The molecule has 0 saturated carbocycles. The van der Waals surface area contributed by atoms with Crippen LogP contribution in [0.5, 0.6) is 0 Å². The number of hydrogen-bond donors (Lipinski definition) is 1. The molecule has 0 aliphatic heterocycles. The molecular weight excluding hydrogens is 352 g/mol. The van der Waals surface area contributed by atoms with E-state index in [4.69, 9.17) is 0 Å². The number of thioether (sulfide) groups is 2. The first-order valence-electron chi connectivity index (χ1n) is 7.02. The van der Waals surface area contributed by atoms with Gasteiger partial charge in [0.25, 0.3) is 5.76 Å². The maximum atomic E-state index is 12.6. The van der Waals surface area contributed by atoms with Gasteiger partial charge in [-0.2, -0.15) is 8.78 Å². The lowest BCUT2D eigenvalue weighted by Crippen LogP contribution is -2.15. The predicted octanol–water partition coefficient (Wildman–Crippen LogP) is 4.38. The van der Waals surface area contributed by atoms with Gasteiger partial charge in [-0.1, -0.05) is 41.7 Å². The number of imidazole rings is 1. The highest BCUT2D eigenvalue weighted by Gasteiger charge is 2.13. The predicted molar refractivity (Wildman–Crippen MR) is 92.8 cm³/mol. The Morgan fingerprint density at radius 2 is 2.00 bits per heavy atom. The number of pyridine rings is 1. The summed E-state index contributed by atoms with van der Waals surface area (Å²) in [5, 5.41) is 3.38. The molecule has 1 amide bonds. The summed E-state index contributed by atoms with van der Waals surface area (Å²) in [4.78, 5) is 16.7. The molecule has 124 valence electrons. The van der Waals surface area contributed by atoms with E-state index in [1.807, 2.05) is 28.8 Å². The quantitative estimate of drug-likeness (QED) is 0.659. The summed E-state index contributed by atoms with van der Waals surface area (Å²) in [6, 6.07) is 12.2. The van der Waals surface area contributed by atoms with Gasteiger partial charge in [0, 0.05) is 11.1 Å². The standard InChI is InChI=1S/C16H13F2N3OS2/c17-15(18)24-13-7-2-1-6-12(13)20-14(22)10-23-16-19-9-11-5-3-4-8-21(11)16/h1-9,15H,10H2,(H,20,22). The molecule has 0 spiro atoms. The maximum Gasteiger partial charge on any atom is 0.288 e. The molecule has 2 aromatic heterocycles. The molecule has 24 heavy (non-hydrogen) atoms. The number of anilines is 1. The molecule has 0 unspecified atom stereocenters. The van der Waals surface area contributed by atoms with Gasteiger partial charge in [0.1, 0.15) is 0 Å². The number of carbonyl (C=O) groups excluding carboxylic acids is 1. The van der Waals surface area contributed by atoms with Crippen molar-refractivity contribution in [2.45, 2.75) is 15.8 Å². The highest BCUT2D eigenvalue weighted by atomic mass is 32.2. The zero-order valence-electron chi connectivity index (χ0n) is 12.4. The zero-order chi connectivity index (χ0) is 16.9. The van der Waals surface area contributed by atoms with Crippen LogP contribution < -0.4 is 5.32 Å². The Bertz CT molecular complexity index is 854. The van der Waals surface area contributed by atoms with Gasteiger partial charge in [-0.15, -0.1) is 0 Å². The third kappa shape index (κ3) is 4.07. The summed E-state index contributed by atoms with van der Waals surface area (Å²) in [6.45, 7) is 0. The van der Waals surface area contributed by atoms with Crippen molar-refractivity contribution in [3.63, 3.8) is 0 Å². The van der Waals surface area contributed by atoms with E-state index in [2.05, 4.69) is 10.3 Å². The average molecular weight is 365 g/mol. The Hall–Kier alpha value is -2.06. The van der Waals surface area contributed by atoms with Gasteiger partial charge in [0.15, 0.2) is 5.16 Å². The second-order valence-electron chi connectivity index (χ2n) is 4.75. The van der Waals surface area contributed by atoms with Crippen LogP contribution in [0.1, 0.15) is 0 Å². The molecule has 3 aromatic rings. The second kappa shape index (κ2) is 7.67. The van der Waals surface area contributed by atoms with Crippen LogP contribution in [-0.2, 0) is 4.79 Å². The van der Waals surface area contributed by atoms with Crippen molar-refractivity contribution in [1.29, 1.82) is 0 Å². The molecule has 1 N–H and O–H groups in total. The monoisotopic (exact) mass is 365 g/mol. The summed E-state index contributed by atoms with van der Waals surface area (Å²) in [6.07, 6.45) is 3.60. The molecule has 0 bridgehead atoms. The molecule has 1 aromatic carbocycles. The smallest absolute Gasteiger partial charge is 0.288 e. The Morgan fingerprint density at radius 3 is 2.83 bits per heavy atom. The van der Waals surface area contributed by atoms with E-state index in [9.17, 15) is 13.6 Å². The van der Waals surface area contributed by atoms with Gasteiger partial charge in [0.2, 0.25) is 5.91 Å². The summed E-state index contributed by atoms with van der Waals surface area (Å²) in [7, 11) is 0. The molecule has 0 aliphatic carbocycles. The number of fused-ring (bicyclic) bond motifs is 1. The average Bonchev–Trinajstić information content (AvgIpc) is 2.98. The molecule has 0 fully saturated rings. The molecule has 0 saturated heterocycles. The minimum absolute atomic E-state index is 0.141. The third-order valence-corrected chi connectivity index (χ3v) is 4.87. The number of halogens is 2. The van der Waals surface area contributed by atoms with Crippen molar-refractivity contribution < 1.29 is 13.6 Å². The van der Waals surface area contributed by atoms with Gasteiger partial charge in [-0.25, -0.2) is 4.98 Å². The van der Waals surface area contributed by atoms with Crippen molar-refractivity contribution in [3.05, 3.63) is 54.9 Å². The van der Waals surface area contributed by atoms with Gasteiger partial charge in [-0.05, 0) is 24.3 Å². The fraction of sp³-hybridized carbons (Fsp3) is 0.125. The lowest BCUT2D eigenvalue weighted by Gasteiger charge is -2.10. The fourth-order valence-electron chi connectivity index (χ4n) is 2.11. The maximum absolute atomic E-state index is 12.6. The van der Waals surface area contributed by atoms with Crippen LogP contribution in [-0.4, -0.2) is 26.8 Å². The van der Waals surface area contributed by atoms with Crippen molar-refractivity contribution >= 4 is 40.6 Å². The lowest BCUT2D eigenvalue weighted by molar-refractivity contribution is -0.113. The Balaban J connectivity index is 1.64. The Morgan fingerprint density at radius 1 is 1.21 bits per heavy atom. The van der Waals surface area contributed by atoms with E-state index in [1.165, 1.54) is 11.8 Å². The largest absolute Gasteiger partial charge is 0.324 e. The summed E-state index contributed by atoms with van der Waals surface area (Å²) < 4.78 is 27.0. The molecule has 3 rings (SSSR count). The zero-order valence-corrected chi connectivity index (χ0v) is 14.0. The highest BCUT2D eigenvalue weighted by molar-refractivity contribution is 8.00. The van der Waals surface area contributed by atoms with Gasteiger partial charge < -0.3 is 5.32 Å². The number of aromatic nitrogens is 2. The molecule has 4 nitrogen and oxygen atoms in total. The summed E-state index contributed by atoms with van der Waals surface area (Å²) >= 11 is 1.70. The minimum Gasteiger partial charge on any atom is -0.324 e. The number of rotatable bonds is 6. The number of benzene rings is 1. The van der Waals surface area contributed by atoms with Crippen molar-refractivity contribution in [3.8, 4) is 0 Å². The van der Waals surface area contributed by atoms with Crippen LogP contribution in [0.4, 0.5) is 14.5 Å². The number of carbonyl (C=O) groups is 1. The number of amides is 1. The fourth-order valence-corrected chi connectivity index (χ4v) is 3.47. The van der Waals surface area contributed by atoms with E-state index >= 15 is 0 Å². The van der Waals surface area contributed by atoms with E-state index < -0.39 is 5.76 Å². The number of nitrogens with zero attached hydrogens (tertiary/aromatic N) is 2. The summed E-state index contributed by atoms with van der Waals surface area (Å²) in [5.41, 5.74) is 1.33. The van der Waals surface area contributed by atoms with E-state index in [-0.39, 0.29) is 11.7 Å². The lowest BCUT2D eigenvalue weighted by atomic mass is 10.3. The number of hydrogen-bond acceptors (Lipinski definition) is 4. The third-order valence-electron chi connectivity index (χ3n) is 3.11. The van der Waals surface area contributed by atoms with Gasteiger partial charge in [-0.3, -0.25) is 9.20 Å². The number of nitrogens with one attached hydrogen (secondary N) is 1. The number of alkyl halides is 2. The van der Waals surface area contributed by atoms with Crippen LogP contribution in [0, 0.1) is 0 Å². The van der Waals surface area contributed by atoms with Crippen LogP contribution in [0.3, 0.4) is 0 Å². The first-order valence-corrected chi connectivity index (χ1v) is 8.88. The minimum atomic E-state index is -2.53. The molecule has 8 heteroatoms. The molecule has 2 heterocycles. The SMILES string of the molecule is O=C(CSc1ncc2ccccn12)Nc1ccccc1SC(F)F. The molecule has 0 radical (unpaired) electrons. The van der Waals surface area contributed by atoms with Crippen LogP contribution in [0.15, 0.2) is 64.9 Å². The Labute approximate surface area is 145 Å². The second-order valence-corrected chi connectivity index (χ2v) is 6.72. The van der Waals surface area contributed by atoms with Crippen LogP contribution in [0.25, 0.3) is 5.52 Å². The van der Waals surface area contributed by atoms with Crippen LogP contribution >= 0.6 is 23.5 Å². The van der Waals surface area contributed by atoms with E-state index in [0.29, 0.717) is 27.5 Å². The number of para-hydroxylation sites is 1. The molecule has 0 aliphatic rings. The van der Waals surface area contributed by atoms with E-state index in [0.717, 1.165) is 5.52 Å². The van der Waals surface area contributed by atoms with Crippen LogP contribution in [0.2, 0.25) is 0 Å². The van der Waals surface area contributed by atoms with Gasteiger partial charge >= 0.3 is 0 Å². The van der Waals surface area contributed by atoms with Crippen molar-refractivity contribution in [2.24, 2.45) is 0 Å². The Kier molecular flexibility index (Phi) is 5.37. The van der Waals surface area contributed by atoms with Gasteiger partial charge in [0.05, 0.1) is 23.2 Å². The first-order chi connectivity index (χ1) is 11.6. The molecular formula is C16H13F2N3OS2. The van der Waals surface area contributed by atoms with Crippen molar-refractivity contribution in [1.82, 2.24) is 9.38 Å². The highest BCUT2D eigenvalue weighted by Crippen LogP contribution is 2.31. The normalized spacial score (nSPS) is 11.1. The topological polar surface area (TPSA) is 46.4 Å². The summed E-state index contributed by atoms with van der Waals surface area (Å²) in [5.74, 6) is -2.66. The van der Waals surface area contributed by atoms with Crippen molar-refractivity contribution in [2.75, 3.05) is 11.1 Å². The van der Waals surface area contributed by atoms with E-state index in [1.54, 1.807) is 30.5 Å². The molecule has 0 atom stereocenters.